The van der Waals surface area contributed by atoms with E-state index in [0.29, 0.717) is 18.9 Å². The molecule has 190 valence electrons. The summed E-state index contributed by atoms with van der Waals surface area (Å²) in [5.41, 5.74) is 4.68. The van der Waals surface area contributed by atoms with Crippen molar-refractivity contribution >= 4 is 35.2 Å². The maximum atomic E-state index is 15.5. The monoisotopic (exact) mass is 499 g/mol. The van der Waals surface area contributed by atoms with Crippen molar-refractivity contribution in [3.05, 3.63) is 11.1 Å². The largest absolute Gasteiger partial charge is 0.465 e. The summed E-state index contributed by atoms with van der Waals surface area (Å²) in [6.45, 7) is 4.58. The van der Waals surface area contributed by atoms with Gasteiger partial charge in [0.2, 0.25) is 17.0 Å². The number of carboxylic acid groups (broad SMARTS) is 1. The zero-order valence-electron chi connectivity index (χ0n) is 20.2. The molecule has 12 heteroatoms. The molecule has 10 nitrogen and oxygen atoms in total. The molecule has 1 unspecified atom stereocenters. The number of halogens is 2. The lowest BCUT2D eigenvalue weighted by molar-refractivity contribution is -0.124. The van der Waals surface area contributed by atoms with Gasteiger partial charge in [-0.25, -0.2) is 4.79 Å². The van der Waals surface area contributed by atoms with Gasteiger partial charge in [0.05, 0.1) is 5.92 Å². The molecule has 2 aliphatic rings. The van der Waals surface area contributed by atoms with Gasteiger partial charge in [0.25, 0.3) is 0 Å². The molecule has 4 N–H and O–H groups in total. The number of hydrogen-bond acceptors (Lipinski definition) is 7. The van der Waals surface area contributed by atoms with Gasteiger partial charge in [0.1, 0.15) is 0 Å². The number of aromatic nitrogens is 2. The van der Waals surface area contributed by atoms with Crippen molar-refractivity contribution in [2.24, 2.45) is 11.8 Å². The van der Waals surface area contributed by atoms with Crippen LogP contribution in [0.3, 0.4) is 0 Å². The Labute approximate surface area is 204 Å². The van der Waals surface area contributed by atoms with E-state index in [4.69, 9.17) is 16.7 Å². The number of nitrogens with zero attached hydrogens (tertiary/aromatic N) is 4. The standard InChI is InChI=1S/C22H35ClFN7O3/c1-22(2)10-15(30(3)4)12-31(22)18-16(24)17(26-20(23)27-18)28-29-19(32)14(11-25-21(33)34)9-13-7-5-6-8-13/h13-15,25H,5-12H2,1-4H3,(H,29,32)(H,33,34)(H,26,27,28)/t14-,15?/m1/s1. The number of hydrogen-bond donors (Lipinski definition) is 4. The minimum absolute atomic E-state index is 0.0223. The van der Waals surface area contributed by atoms with Crippen LogP contribution in [0.2, 0.25) is 5.28 Å². The van der Waals surface area contributed by atoms with Gasteiger partial charge in [-0.3, -0.25) is 15.6 Å². The third-order valence-corrected chi connectivity index (χ3v) is 7.09. The third-order valence-electron chi connectivity index (χ3n) is 6.92. The number of carbonyl (C=O) groups excluding carboxylic acids is 1. The maximum absolute atomic E-state index is 15.5. The Bertz CT molecular complexity index is 895. The highest BCUT2D eigenvalue weighted by atomic mass is 35.5. The van der Waals surface area contributed by atoms with Crippen LogP contribution < -0.4 is 21.1 Å². The predicted octanol–water partition coefficient (Wildman–Crippen LogP) is 3.10. The zero-order chi connectivity index (χ0) is 25.0. The van der Waals surface area contributed by atoms with Gasteiger partial charge < -0.3 is 20.2 Å². The third kappa shape index (κ3) is 6.38. The summed E-state index contributed by atoms with van der Waals surface area (Å²) in [6, 6.07) is 0.220. The Balaban J connectivity index is 1.73. The number of anilines is 2. The number of hydrazine groups is 1. The highest BCUT2D eigenvalue weighted by molar-refractivity contribution is 6.28. The van der Waals surface area contributed by atoms with Crippen molar-refractivity contribution in [3.8, 4) is 0 Å². The van der Waals surface area contributed by atoms with Crippen molar-refractivity contribution in [2.75, 3.05) is 37.5 Å². The van der Waals surface area contributed by atoms with Crippen LogP contribution in [0.25, 0.3) is 0 Å². The lowest BCUT2D eigenvalue weighted by Gasteiger charge is -2.32. The molecule has 0 bridgehead atoms. The fourth-order valence-corrected chi connectivity index (χ4v) is 5.13. The van der Waals surface area contributed by atoms with Crippen molar-refractivity contribution in [3.63, 3.8) is 0 Å². The summed E-state index contributed by atoms with van der Waals surface area (Å²) >= 11 is 6.11. The first-order chi connectivity index (χ1) is 16.0. The summed E-state index contributed by atoms with van der Waals surface area (Å²) in [5, 5.41) is 11.1. The second-order valence-electron chi connectivity index (χ2n) is 10.1. The van der Waals surface area contributed by atoms with Gasteiger partial charge in [-0.1, -0.05) is 25.7 Å². The van der Waals surface area contributed by atoms with Crippen molar-refractivity contribution in [2.45, 2.75) is 64.0 Å². The molecular weight excluding hydrogens is 465 g/mol. The molecule has 1 aliphatic heterocycles. The van der Waals surface area contributed by atoms with E-state index in [1.165, 1.54) is 0 Å². The number of amides is 2. The second kappa shape index (κ2) is 10.9. The fraction of sp³-hybridized carbons (Fsp3) is 0.727. The summed E-state index contributed by atoms with van der Waals surface area (Å²) in [7, 11) is 3.97. The normalized spacial score (nSPS) is 21.0. The van der Waals surface area contributed by atoms with Crippen LogP contribution in [-0.4, -0.2) is 70.7 Å². The maximum Gasteiger partial charge on any atom is 0.404 e. The summed E-state index contributed by atoms with van der Waals surface area (Å²) in [4.78, 5) is 35.8. The molecule has 1 aromatic heterocycles. The van der Waals surface area contributed by atoms with E-state index in [-0.39, 0.29) is 35.0 Å². The van der Waals surface area contributed by atoms with Gasteiger partial charge >= 0.3 is 6.09 Å². The zero-order valence-corrected chi connectivity index (χ0v) is 21.0. The Morgan fingerprint density at radius 3 is 2.56 bits per heavy atom. The lowest BCUT2D eigenvalue weighted by atomic mass is 9.92. The Kier molecular flexibility index (Phi) is 8.40. The van der Waals surface area contributed by atoms with Crippen LogP contribution in [0.15, 0.2) is 0 Å². The van der Waals surface area contributed by atoms with Gasteiger partial charge in [-0.2, -0.15) is 14.4 Å². The van der Waals surface area contributed by atoms with Crippen molar-refractivity contribution in [1.29, 1.82) is 0 Å². The first-order valence-corrected chi connectivity index (χ1v) is 12.1. The highest BCUT2D eigenvalue weighted by Gasteiger charge is 2.41. The smallest absolute Gasteiger partial charge is 0.404 e. The molecular formula is C22H35ClFN7O3. The Hall–Kier alpha value is -2.40. The molecule has 0 spiro atoms. The van der Waals surface area contributed by atoms with Gasteiger partial charge in [0.15, 0.2) is 11.6 Å². The van der Waals surface area contributed by atoms with Gasteiger partial charge in [0, 0.05) is 24.7 Å². The van der Waals surface area contributed by atoms with E-state index in [0.717, 1.165) is 32.1 Å². The Morgan fingerprint density at radius 2 is 1.97 bits per heavy atom. The molecule has 1 saturated carbocycles. The summed E-state index contributed by atoms with van der Waals surface area (Å²) < 4.78 is 15.5. The molecule has 3 rings (SSSR count). The fourth-order valence-electron chi connectivity index (χ4n) is 4.96. The van der Waals surface area contributed by atoms with Gasteiger partial charge in [-0.05, 0) is 58.3 Å². The van der Waals surface area contributed by atoms with Crippen LogP contribution in [0, 0.1) is 17.7 Å². The highest BCUT2D eigenvalue weighted by Crippen LogP contribution is 2.37. The first-order valence-electron chi connectivity index (χ1n) is 11.7. The number of rotatable bonds is 9. The van der Waals surface area contributed by atoms with Crippen LogP contribution in [0.5, 0.6) is 0 Å². The predicted molar refractivity (Wildman–Crippen MR) is 128 cm³/mol. The number of likely N-dealkylation sites (N-methyl/N-ethyl adjacent to an activating group) is 1. The van der Waals surface area contributed by atoms with E-state index in [9.17, 15) is 9.59 Å². The van der Waals surface area contributed by atoms with Crippen LogP contribution in [0.1, 0.15) is 52.4 Å². The van der Waals surface area contributed by atoms with Crippen molar-refractivity contribution < 1.29 is 19.1 Å². The average molecular weight is 500 g/mol. The SMILES string of the molecule is CN(C)C1CN(c2nc(Cl)nc(NNC(=O)[C@@H](CNC(=O)O)CC3CCCC3)c2F)C(C)(C)C1. The molecule has 1 saturated heterocycles. The average Bonchev–Trinajstić information content (AvgIpc) is 3.38. The topological polar surface area (TPSA) is 123 Å². The van der Waals surface area contributed by atoms with E-state index in [1.54, 1.807) is 0 Å². The molecule has 1 aromatic rings. The molecule has 2 heterocycles. The molecule has 2 atom stereocenters. The minimum atomic E-state index is -1.19. The first kappa shape index (κ1) is 26.2. The molecule has 2 amide bonds. The Morgan fingerprint density at radius 1 is 1.29 bits per heavy atom. The van der Waals surface area contributed by atoms with Crippen LogP contribution >= 0.6 is 11.6 Å². The number of carbonyl (C=O) groups is 2. The van der Waals surface area contributed by atoms with E-state index in [1.807, 2.05) is 32.8 Å². The second-order valence-corrected chi connectivity index (χ2v) is 10.4. The van der Waals surface area contributed by atoms with E-state index < -0.39 is 23.7 Å². The van der Waals surface area contributed by atoms with E-state index in [2.05, 4.69) is 31.0 Å². The number of nitrogens with one attached hydrogen (secondary N) is 3. The lowest BCUT2D eigenvalue weighted by Crippen LogP contribution is -2.42. The summed E-state index contributed by atoms with van der Waals surface area (Å²) in [5.74, 6) is -1.55. The molecule has 0 radical (unpaired) electrons. The molecule has 1 aliphatic carbocycles. The molecule has 2 fully saturated rings. The summed E-state index contributed by atoms with van der Waals surface area (Å²) in [6.07, 6.45) is 4.43. The van der Waals surface area contributed by atoms with Crippen molar-refractivity contribution in [1.82, 2.24) is 25.6 Å². The minimum Gasteiger partial charge on any atom is -0.465 e. The van der Waals surface area contributed by atoms with Crippen LogP contribution in [-0.2, 0) is 4.79 Å². The quantitative estimate of drug-likeness (QED) is 0.302. The van der Waals surface area contributed by atoms with E-state index >= 15 is 4.39 Å². The van der Waals surface area contributed by atoms with Crippen LogP contribution in [0.4, 0.5) is 20.8 Å². The molecule has 0 aromatic carbocycles. The molecule has 34 heavy (non-hydrogen) atoms. The van der Waals surface area contributed by atoms with Gasteiger partial charge in [-0.15, -0.1) is 0 Å².